The number of carbonyl (C=O) groups is 1. The molecule has 230 valence electrons. The number of ketones is 1. The van der Waals surface area contributed by atoms with Crippen molar-refractivity contribution in [2.24, 2.45) is 0 Å². The van der Waals surface area contributed by atoms with Crippen LogP contribution >= 0.6 is 0 Å². The van der Waals surface area contributed by atoms with Gasteiger partial charge < -0.3 is 18.9 Å². The average molecular weight is 577 g/mol. The van der Waals surface area contributed by atoms with Gasteiger partial charge in [0.05, 0.1) is 27.4 Å². The molecule has 0 heterocycles. The van der Waals surface area contributed by atoms with Crippen molar-refractivity contribution in [3.8, 4) is 23.0 Å². The zero-order valence-electron chi connectivity index (χ0n) is 26.5. The van der Waals surface area contributed by atoms with Gasteiger partial charge in [0.1, 0.15) is 0 Å². The number of methoxy groups -OCH3 is 2. The van der Waals surface area contributed by atoms with Crippen LogP contribution < -0.4 is 18.9 Å². The molecule has 1 fully saturated rings. The van der Waals surface area contributed by atoms with Crippen LogP contribution in [0.1, 0.15) is 115 Å². The van der Waals surface area contributed by atoms with Gasteiger partial charge in [-0.1, -0.05) is 90.2 Å². The van der Waals surface area contributed by atoms with Gasteiger partial charge in [-0.15, -0.1) is 0 Å². The summed E-state index contributed by atoms with van der Waals surface area (Å²) >= 11 is 0. The maximum Gasteiger partial charge on any atom is 0.185 e. The first kappa shape index (κ1) is 33.3. The van der Waals surface area contributed by atoms with Crippen molar-refractivity contribution in [3.05, 3.63) is 58.7 Å². The summed E-state index contributed by atoms with van der Waals surface area (Å²) in [5, 5.41) is 0. The topological polar surface area (TPSA) is 54.0 Å². The maximum atomic E-state index is 13.2. The molecule has 2 aromatic rings. The third-order valence-electron chi connectivity index (χ3n) is 7.82. The Morgan fingerprint density at radius 2 is 0.976 bits per heavy atom. The first-order valence-electron chi connectivity index (χ1n) is 16.2. The minimum absolute atomic E-state index is 0.0970. The highest BCUT2D eigenvalue weighted by atomic mass is 16.5. The Morgan fingerprint density at radius 1 is 0.571 bits per heavy atom. The van der Waals surface area contributed by atoms with E-state index in [0.717, 1.165) is 59.5 Å². The molecule has 0 aliphatic heterocycles. The second-order valence-corrected chi connectivity index (χ2v) is 11.2. The quantitative estimate of drug-likeness (QED) is 0.116. The molecule has 5 nitrogen and oxygen atoms in total. The lowest BCUT2D eigenvalue weighted by Crippen LogP contribution is -2.00. The maximum absolute atomic E-state index is 13.2. The SMILES string of the molecule is CCCCCCCCOc1ccc(C=C2CCC(=Cc3ccc(OCCCCCCCC)c(OC)c3)C2=O)cc1OC. The molecule has 3 rings (SSSR count). The normalized spacial score (nSPS) is 15.0. The zero-order chi connectivity index (χ0) is 30.0. The number of Topliss-reactive ketones (excluding diaryl/α,β-unsaturated/α-hetero) is 1. The van der Waals surface area contributed by atoms with Gasteiger partial charge >= 0.3 is 0 Å². The molecule has 5 heteroatoms. The molecule has 0 atom stereocenters. The summed E-state index contributed by atoms with van der Waals surface area (Å²) in [5.74, 6) is 2.99. The number of ether oxygens (including phenoxy) is 4. The first-order valence-corrected chi connectivity index (χ1v) is 16.2. The van der Waals surface area contributed by atoms with Crippen LogP contribution in [0.5, 0.6) is 23.0 Å². The highest BCUT2D eigenvalue weighted by Crippen LogP contribution is 2.34. The van der Waals surface area contributed by atoms with Crippen LogP contribution in [0.2, 0.25) is 0 Å². The van der Waals surface area contributed by atoms with E-state index in [-0.39, 0.29) is 5.78 Å². The van der Waals surface area contributed by atoms with E-state index < -0.39 is 0 Å². The van der Waals surface area contributed by atoms with Crippen LogP contribution in [0.25, 0.3) is 12.2 Å². The summed E-state index contributed by atoms with van der Waals surface area (Å²) in [6, 6.07) is 11.8. The molecule has 0 bridgehead atoms. The summed E-state index contributed by atoms with van der Waals surface area (Å²) < 4.78 is 23.2. The van der Waals surface area contributed by atoms with Crippen molar-refractivity contribution in [2.75, 3.05) is 27.4 Å². The number of hydrogen-bond acceptors (Lipinski definition) is 5. The average Bonchev–Trinajstić information content (AvgIpc) is 3.34. The van der Waals surface area contributed by atoms with E-state index in [1.165, 1.54) is 64.2 Å². The van der Waals surface area contributed by atoms with Gasteiger partial charge in [0.2, 0.25) is 0 Å². The summed E-state index contributed by atoms with van der Waals surface area (Å²) in [5.41, 5.74) is 3.51. The molecular weight excluding hydrogens is 524 g/mol. The van der Waals surface area contributed by atoms with E-state index >= 15 is 0 Å². The standard InChI is InChI=1S/C37H52O5/c1-5-7-9-11-13-15-23-41-33-21-17-29(27-35(33)39-3)25-31-19-20-32(37(31)38)26-30-18-22-34(36(28-30)40-4)42-24-16-14-12-10-8-6-2/h17-18,21-22,25-28H,5-16,19-20,23-24H2,1-4H3. The van der Waals surface area contributed by atoms with E-state index in [0.29, 0.717) is 24.7 Å². The monoisotopic (exact) mass is 576 g/mol. The van der Waals surface area contributed by atoms with E-state index in [9.17, 15) is 4.79 Å². The lowest BCUT2D eigenvalue weighted by molar-refractivity contribution is -0.111. The van der Waals surface area contributed by atoms with Crippen LogP contribution in [-0.4, -0.2) is 33.2 Å². The smallest absolute Gasteiger partial charge is 0.185 e. The number of rotatable bonds is 20. The van der Waals surface area contributed by atoms with Gasteiger partial charge in [-0.25, -0.2) is 0 Å². The molecule has 0 amide bonds. The summed E-state index contributed by atoms with van der Waals surface area (Å²) in [6.07, 6.45) is 20.1. The fraction of sp³-hybridized carbons (Fsp3) is 0.541. The molecule has 0 radical (unpaired) electrons. The van der Waals surface area contributed by atoms with Crippen molar-refractivity contribution < 1.29 is 23.7 Å². The second-order valence-electron chi connectivity index (χ2n) is 11.2. The molecular formula is C37H52O5. The highest BCUT2D eigenvalue weighted by molar-refractivity contribution is 6.15. The van der Waals surface area contributed by atoms with Crippen molar-refractivity contribution in [1.82, 2.24) is 0 Å². The minimum Gasteiger partial charge on any atom is -0.493 e. The third kappa shape index (κ3) is 10.9. The predicted molar refractivity (Wildman–Crippen MR) is 174 cm³/mol. The molecule has 1 aliphatic rings. The van der Waals surface area contributed by atoms with E-state index in [1.54, 1.807) is 14.2 Å². The third-order valence-corrected chi connectivity index (χ3v) is 7.82. The van der Waals surface area contributed by atoms with Gasteiger partial charge in [-0.2, -0.15) is 0 Å². The molecule has 42 heavy (non-hydrogen) atoms. The van der Waals surface area contributed by atoms with Gasteiger partial charge in [-0.3, -0.25) is 4.79 Å². The fourth-order valence-electron chi connectivity index (χ4n) is 5.30. The number of hydrogen-bond donors (Lipinski definition) is 0. The van der Waals surface area contributed by atoms with Crippen molar-refractivity contribution in [1.29, 1.82) is 0 Å². The van der Waals surface area contributed by atoms with Gasteiger partial charge in [0.25, 0.3) is 0 Å². The first-order chi connectivity index (χ1) is 20.6. The number of carbonyl (C=O) groups excluding carboxylic acids is 1. The van der Waals surface area contributed by atoms with Gasteiger partial charge in [0, 0.05) is 11.1 Å². The van der Waals surface area contributed by atoms with Crippen LogP contribution in [0.3, 0.4) is 0 Å². The van der Waals surface area contributed by atoms with Crippen LogP contribution in [0, 0.1) is 0 Å². The zero-order valence-corrected chi connectivity index (χ0v) is 26.5. The Hall–Kier alpha value is -3.21. The predicted octanol–water partition coefficient (Wildman–Crippen LogP) is 10.0. The molecule has 0 saturated heterocycles. The lowest BCUT2D eigenvalue weighted by Gasteiger charge is -2.12. The number of benzene rings is 2. The summed E-state index contributed by atoms with van der Waals surface area (Å²) in [6.45, 7) is 5.84. The van der Waals surface area contributed by atoms with Crippen LogP contribution in [0.15, 0.2) is 47.5 Å². The Labute approximate surface area is 254 Å². The molecule has 1 aliphatic carbocycles. The Kier molecular flexibility index (Phi) is 15.1. The van der Waals surface area contributed by atoms with Crippen molar-refractivity contribution >= 4 is 17.9 Å². The molecule has 2 aromatic carbocycles. The molecule has 1 saturated carbocycles. The summed E-state index contributed by atoms with van der Waals surface area (Å²) in [4.78, 5) is 13.2. The van der Waals surface area contributed by atoms with Crippen LogP contribution in [-0.2, 0) is 4.79 Å². The van der Waals surface area contributed by atoms with Gasteiger partial charge in [-0.05, 0) is 73.2 Å². The molecule has 0 aromatic heterocycles. The largest absolute Gasteiger partial charge is 0.493 e. The Morgan fingerprint density at radius 3 is 1.38 bits per heavy atom. The van der Waals surface area contributed by atoms with E-state index in [1.807, 2.05) is 48.6 Å². The molecule has 0 unspecified atom stereocenters. The van der Waals surface area contributed by atoms with Crippen molar-refractivity contribution in [3.63, 3.8) is 0 Å². The van der Waals surface area contributed by atoms with Crippen LogP contribution in [0.4, 0.5) is 0 Å². The fourth-order valence-corrected chi connectivity index (χ4v) is 5.30. The van der Waals surface area contributed by atoms with Gasteiger partial charge in [0.15, 0.2) is 28.8 Å². The molecule has 0 N–H and O–H groups in total. The van der Waals surface area contributed by atoms with E-state index in [4.69, 9.17) is 18.9 Å². The highest BCUT2D eigenvalue weighted by Gasteiger charge is 2.23. The summed E-state index contributed by atoms with van der Waals surface area (Å²) in [7, 11) is 3.31. The Balaban J connectivity index is 1.56. The number of allylic oxidation sites excluding steroid dienone is 2. The number of unbranched alkanes of at least 4 members (excludes halogenated alkanes) is 10. The Bertz CT molecular complexity index is 1070. The minimum atomic E-state index is 0.0970. The molecule has 0 spiro atoms. The van der Waals surface area contributed by atoms with Crippen molar-refractivity contribution in [2.45, 2.75) is 104 Å². The van der Waals surface area contributed by atoms with E-state index in [2.05, 4.69) is 13.8 Å². The lowest BCUT2D eigenvalue weighted by atomic mass is 10.1. The second kappa shape index (κ2) is 19.1.